The van der Waals surface area contributed by atoms with Crippen molar-refractivity contribution in [2.75, 3.05) is 0 Å². The highest BCUT2D eigenvalue weighted by Crippen LogP contribution is 2.31. The van der Waals surface area contributed by atoms with Gasteiger partial charge >= 0.3 is 0 Å². The van der Waals surface area contributed by atoms with Crippen molar-refractivity contribution in [1.29, 1.82) is 0 Å². The first-order valence-electron chi connectivity index (χ1n) is 7.77. The summed E-state index contributed by atoms with van der Waals surface area (Å²) in [4.78, 5) is 0. The van der Waals surface area contributed by atoms with E-state index in [0.29, 0.717) is 18.4 Å². The number of hydrogen-bond donors (Lipinski definition) is 0. The highest BCUT2D eigenvalue weighted by atomic mass is 35.7. The van der Waals surface area contributed by atoms with E-state index in [9.17, 15) is 8.42 Å². The predicted octanol–water partition coefficient (Wildman–Crippen LogP) is 3.69. The van der Waals surface area contributed by atoms with E-state index in [1.54, 1.807) is 4.57 Å². The first-order valence-corrected chi connectivity index (χ1v) is 10.1. The van der Waals surface area contributed by atoms with Crippen LogP contribution in [-0.4, -0.2) is 23.2 Å². The monoisotopic (exact) mass is 333 g/mol. The summed E-state index contributed by atoms with van der Waals surface area (Å²) in [5.41, 5.74) is 0. The van der Waals surface area contributed by atoms with Crippen molar-refractivity contribution in [3.8, 4) is 0 Å². The van der Waals surface area contributed by atoms with Gasteiger partial charge in [-0.05, 0) is 18.8 Å². The zero-order chi connectivity index (χ0) is 15.5. The second kappa shape index (κ2) is 7.09. The average Bonchev–Trinajstić information content (AvgIpc) is 2.71. The Balaban J connectivity index is 2.35. The van der Waals surface area contributed by atoms with Crippen LogP contribution in [0.4, 0.5) is 0 Å². The van der Waals surface area contributed by atoms with E-state index < -0.39 is 9.05 Å². The van der Waals surface area contributed by atoms with E-state index in [4.69, 9.17) is 10.7 Å². The highest BCUT2D eigenvalue weighted by Gasteiger charge is 2.27. The van der Waals surface area contributed by atoms with Gasteiger partial charge in [-0.3, -0.25) is 0 Å². The number of halogens is 1. The minimum absolute atomic E-state index is 0.102. The van der Waals surface area contributed by atoms with Crippen LogP contribution in [0.1, 0.15) is 70.5 Å². The molecule has 1 heterocycles. The first kappa shape index (κ1) is 16.7. The lowest BCUT2D eigenvalue weighted by atomic mass is 9.90. The van der Waals surface area contributed by atoms with Crippen LogP contribution < -0.4 is 0 Å². The van der Waals surface area contributed by atoms with E-state index in [-0.39, 0.29) is 5.16 Å². The lowest BCUT2D eigenvalue weighted by Gasteiger charge is -2.21. The molecule has 0 aromatic carbocycles. The van der Waals surface area contributed by atoms with Crippen LogP contribution in [-0.2, 0) is 15.6 Å². The molecule has 0 aliphatic heterocycles. The third-order valence-electron chi connectivity index (χ3n) is 3.98. The van der Waals surface area contributed by atoms with Gasteiger partial charge in [-0.25, -0.2) is 8.42 Å². The molecule has 0 saturated heterocycles. The summed E-state index contributed by atoms with van der Waals surface area (Å²) in [6.07, 6.45) is 8.24. The molecule has 1 fully saturated rings. The fourth-order valence-electron chi connectivity index (χ4n) is 3.03. The molecule has 1 aliphatic rings. The molecule has 1 saturated carbocycles. The smallest absolute Gasteiger partial charge is 0.296 e. The van der Waals surface area contributed by atoms with Crippen molar-refractivity contribution in [3.05, 3.63) is 5.82 Å². The second-order valence-corrected chi connectivity index (χ2v) is 8.78. The molecule has 120 valence electrons. The molecule has 5 nitrogen and oxygen atoms in total. The Kier molecular flexibility index (Phi) is 5.66. The Morgan fingerprint density at radius 1 is 1.14 bits per heavy atom. The lowest BCUT2D eigenvalue weighted by molar-refractivity contribution is 0.406. The van der Waals surface area contributed by atoms with Crippen LogP contribution in [0.25, 0.3) is 0 Å². The van der Waals surface area contributed by atoms with Crippen molar-refractivity contribution in [2.24, 2.45) is 5.92 Å². The number of nitrogens with zero attached hydrogens (tertiary/aromatic N) is 3. The topological polar surface area (TPSA) is 64.8 Å². The van der Waals surface area contributed by atoms with Gasteiger partial charge in [0, 0.05) is 23.1 Å². The van der Waals surface area contributed by atoms with Crippen LogP contribution in [0.3, 0.4) is 0 Å². The molecule has 0 amide bonds. The van der Waals surface area contributed by atoms with Gasteiger partial charge in [-0.2, -0.15) is 0 Å². The number of aromatic nitrogens is 3. The van der Waals surface area contributed by atoms with E-state index in [1.165, 1.54) is 32.1 Å². The SMILES string of the molecule is CC(C)Cn1c(C2CCCCCCC2)nnc1S(=O)(=O)Cl. The molecule has 2 rings (SSSR count). The third kappa shape index (κ3) is 4.42. The van der Waals surface area contributed by atoms with Crippen molar-refractivity contribution < 1.29 is 8.42 Å². The summed E-state index contributed by atoms with van der Waals surface area (Å²) in [7, 11) is 1.65. The van der Waals surface area contributed by atoms with Crippen LogP contribution in [0.15, 0.2) is 5.16 Å². The average molecular weight is 334 g/mol. The molecule has 7 heteroatoms. The Bertz CT molecular complexity index is 561. The molecular formula is C14H24ClN3O2S. The Morgan fingerprint density at radius 3 is 2.24 bits per heavy atom. The van der Waals surface area contributed by atoms with Crippen LogP contribution in [0.2, 0.25) is 0 Å². The van der Waals surface area contributed by atoms with E-state index in [1.807, 2.05) is 13.8 Å². The summed E-state index contributed by atoms with van der Waals surface area (Å²) in [6.45, 7) is 4.68. The normalized spacial score (nSPS) is 18.7. The van der Waals surface area contributed by atoms with Gasteiger partial charge in [0.2, 0.25) is 0 Å². The number of hydrogen-bond acceptors (Lipinski definition) is 4. The summed E-state index contributed by atoms with van der Waals surface area (Å²) in [5, 5.41) is 7.94. The van der Waals surface area contributed by atoms with E-state index in [0.717, 1.165) is 18.7 Å². The summed E-state index contributed by atoms with van der Waals surface area (Å²) < 4.78 is 25.1. The zero-order valence-corrected chi connectivity index (χ0v) is 14.3. The Hall–Kier alpha value is -0.620. The van der Waals surface area contributed by atoms with Gasteiger partial charge < -0.3 is 4.57 Å². The van der Waals surface area contributed by atoms with Gasteiger partial charge in [0.15, 0.2) is 0 Å². The predicted molar refractivity (Wildman–Crippen MR) is 83.0 cm³/mol. The van der Waals surface area contributed by atoms with Gasteiger partial charge in [0.25, 0.3) is 14.2 Å². The highest BCUT2D eigenvalue weighted by molar-refractivity contribution is 8.13. The van der Waals surface area contributed by atoms with Crippen LogP contribution >= 0.6 is 10.7 Å². The summed E-state index contributed by atoms with van der Waals surface area (Å²) in [6, 6.07) is 0. The third-order valence-corrected chi connectivity index (χ3v) is 5.13. The van der Waals surface area contributed by atoms with Crippen molar-refractivity contribution in [1.82, 2.24) is 14.8 Å². The van der Waals surface area contributed by atoms with Crippen molar-refractivity contribution in [3.63, 3.8) is 0 Å². The lowest BCUT2D eigenvalue weighted by Crippen LogP contribution is -2.16. The molecule has 0 atom stereocenters. The fraction of sp³-hybridized carbons (Fsp3) is 0.857. The Morgan fingerprint density at radius 2 is 1.71 bits per heavy atom. The molecule has 1 aliphatic carbocycles. The summed E-state index contributed by atoms with van der Waals surface area (Å²) >= 11 is 0. The largest absolute Gasteiger partial charge is 0.300 e. The molecule has 21 heavy (non-hydrogen) atoms. The maximum atomic E-state index is 11.7. The molecular weight excluding hydrogens is 310 g/mol. The molecule has 1 aromatic heterocycles. The molecule has 0 bridgehead atoms. The van der Waals surface area contributed by atoms with Gasteiger partial charge in [-0.1, -0.05) is 46.0 Å². The zero-order valence-electron chi connectivity index (χ0n) is 12.8. The minimum Gasteiger partial charge on any atom is -0.300 e. The first-order chi connectivity index (χ1) is 9.89. The molecule has 0 N–H and O–H groups in total. The fourth-order valence-corrected chi connectivity index (χ4v) is 3.95. The molecule has 0 unspecified atom stereocenters. The molecule has 0 radical (unpaired) electrons. The molecule has 1 aromatic rings. The van der Waals surface area contributed by atoms with Gasteiger partial charge in [-0.15, -0.1) is 10.2 Å². The van der Waals surface area contributed by atoms with Crippen LogP contribution in [0, 0.1) is 5.92 Å². The second-order valence-electron chi connectivity index (χ2n) is 6.33. The quantitative estimate of drug-likeness (QED) is 0.788. The standard InChI is InChI=1S/C14H24ClN3O2S/c1-11(2)10-18-13(16-17-14(18)21(15,19)20)12-8-6-4-3-5-7-9-12/h11-12H,3-10H2,1-2H3. The summed E-state index contributed by atoms with van der Waals surface area (Å²) in [5.74, 6) is 1.40. The Labute approximate surface area is 131 Å². The van der Waals surface area contributed by atoms with Crippen molar-refractivity contribution >= 4 is 19.7 Å². The maximum Gasteiger partial charge on any atom is 0.296 e. The minimum atomic E-state index is -3.85. The van der Waals surface area contributed by atoms with Gasteiger partial charge in [0.1, 0.15) is 5.82 Å². The van der Waals surface area contributed by atoms with Crippen LogP contribution in [0.5, 0.6) is 0 Å². The van der Waals surface area contributed by atoms with E-state index in [2.05, 4.69) is 10.2 Å². The molecule has 0 spiro atoms. The van der Waals surface area contributed by atoms with E-state index >= 15 is 0 Å². The van der Waals surface area contributed by atoms with Gasteiger partial charge in [0.05, 0.1) is 0 Å². The van der Waals surface area contributed by atoms with Crippen molar-refractivity contribution in [2.45, 2.75) is 76.4 Å². The maximum absolute atomic E-state index is 11.7. The number of rotatable bonds is 4.